The van der Waals surface area contributed by atoms with Crippen LogP contribution in [0.1, 0.15) is 42.0 Å². The van der Waals surface area contributed by atoms with E-state index in [2.05, 4.69) is 20.3 Å². The summed E-state index contributed by atoms with van der Waals surface area (Å²) < 4.78 is 15.8. The third-order valence-corrected chi connectivity index (χ3v) is 5.88. The van der Waals surface area contributed by atoms with Crippen LogP contribution in [-0.4, -0.2) is 51.2 Å². The minimum atomic E-state index is -1.12. The number of alkyl carbamates (subject to hydrolysis) is 1. The van der Waals surface area contributed by atoms with Crippen molar-refractivity contribution in [1.82, 2.24) is 20.3 Å². The van der Waals surface area contributed by atoms with Gasteiger partial charge in [-0.2, -0.15) is 5.26 Å². The van der Waals surface area contributed by atoms with Crippen LogP contribution >= 0.6 is 22.7 Å². The number of aryl methyl sites for hydroxylation is 1. The van der Waals surface area contributed by atoms with Crippen LogP contribution in [-0.2, 0) is 20.7 Å². The summed E-state index contributed by atoms with van der Waals surface area (Å²) in [6.07, 6.45) is -0.810. The Bertz CT molecular complexity index is 1280. The van der Waals surface area contributed by atoms with E-state index in [0.717, 1.165) is 0 Å². The van der Waals surface area contributed by atoms with Crippen molar-refractivity contribution in [2.75, 3.05) is 6.61 Å². The SMILES string of the molecule is Cc1oc(-c2csc(C[C@H](NC(=O)OC(C)(C)C)C(=O)OCC#N)n2)nc1-c1nc(C(N)=O)cs1. The number of carbonyl (C=O) groups is 3. The molecule has 0 saturated carbocycles. The van der Waals surface area contributed by atoms with Gasteiger partial charge in [0.25, 0.3) is 5.91 Å². The molecule has 0 spiro atoms. The number of primary amides is 1. The summed E-state index contributed by atoms with van der Waals surface area (Å²) in [6, 6.07) is 0.589. The van der Waals surface area contributed by atoms with Crippen molar-refractivity contribution < 1.29 is 28.3 Å². The molecule has 3 heterocycles. The third kappa shape index (κ3) is 6.84. The molecule has 3 aromatic heterocycles. The number of hydrogen-bond acceptors (Lipinski definition) is 12. The van der Waals surface area contributed by atoms with Crippen LogP contribution in [0.5, 0.6) is 0 Å². The maximum absolute atomic E-state index is 12.4. The van der Waals surface area contributed by atoms with E-state index in [0.29, 0.717) is 27.2 Å². The molecule has 0 aliphatic heterocycles. The summed E-state index contributed by atoms with van der Waals surface area (Å²) in [7, 11) is 0. The highest BCUT2D eigenvalue weighted by Gasteiger charge is 2.27. The standard InChI is InChI=1S/C21H22N6O6S2/c1-10-15(18-25-12(8-35-18)16(23)28)27-17(32-10)13-9-34-14(24-13)7-11(19(29)31-6-5-22)26-20(30)33-21(2,3)4/h8-9,11H,6-7H2,1-4H3,(H2,23,28)(H,26,30)/t11-/m0/s1. The summed E-state index contributed by atoms with van der Waals surface area (Å²) in [5, 5.41) is 15.3. The van der Waals surface area contributed by atoms with E-state index < -0.39 is 36.2 Å². The summed E-state index contributed by atoms with van der Waals surface area (Å²) in [6.45, 7) is 6.32. The molecule has 0 aliphatic rings. The fourth-order valence-electron chi connectivity index (χ4n) is 2.72. The molecular formula is C21H22N6O6S2. The first kappa shape index (κ1) is 25.8. The van der Waals surface area contributed by atoms with Crippen LogP contribution in [0, 0.1) is 18.3 Å². The van der Waals surface area contributed by atoms with E-state index in [1.807, 2.05) is 0 Å². The molecule has 3 rings (SSSR count). The molecule has 35 heavy (non-hydrogen) atoms. The number of amides is 2. The van der Waals surface area contributed by atoms with Crippen molar-refractivity contribution in [3.63, 3.8) is 0 Å². The van der Waals surface area contributed by atoms with Gasteiger partial charge in [0.1, 0.15) is 45.6 Å². The number of nitrogens with two attached hydrogens (primary N) is 1. The van der Waals surface area contributed by atoms with Gasteiger partial charge in [-0.3, -0.25) is 4.79 Å². The fraction of sp³-hybridized carbons (Fsp3) is 0.381. The first-order valence-electron chi connectivity index (χ1n) is 10.2. The molecule has 0 unspecified atom stereocenters. The number of hydrogen-bond donors (Lipinski definition) is 2. The number of nitrogens with zero attached hydrogens (tertiary/aromatic N) is 4. The Labute approximate surface area is 208 Å². The van der Waals surface area contributed by atoms with Gasteiger partial charge in [-0.15, -0.1) is 22.7 Å². The maximum Gasteiger partial charge on any atom is 0.408 e. The van der Waals surface area contributed by atoms with E-state index >= 15 is 0 Å². The van der Waals surface area contributed by atoms with Crippen LogP contribution < -0.4 is 11.1 Å². The number of thiazole rings is 2. The highest BCUT2D eigenvalue weighted by molar-refractivity contribution is 7.13. The smallest absolute Gasteiger partial charge is 0.408 e. The number of rotatable bonds is 8. The number of nitrogens with one attached hydrogen (secondary N) is 1. The van der Waals surface area contributed by atoms with Crippen LogP contribution in [0.4, 0.5) is 4.79 Å². The molecule has 1 atom stereocenters. The Balaban J connectivity index is 1.78. The molecule has 0 bridgehead atoms. The Kier molecular flexibility index (Phi) is 7.82. The lowest BCUT2D eigenvalue weighted by Crippen LogP contribution is -2.45. The highest BCUT2D eigenvalue weighted by atomic mass is 32.1. The molecule has 184 valence electrons. The Morgan fingerprint density at radius 3 is 2.60 bits per heavy atom. The minimum Gasteiger partial charge on any atom is -0.449 e. The normalized spacial score (nSPS) is 12.0. The number of nitriles is 1. The summed E-state index contributed by atoms with van der Waals surface area (Å²) in [4.78, 5) is 49.0. The minimum absolute atomic E-state index is 0.00479. The zero-order valence-corrected chi connectivity index (χ0v) is 20.9. The summed E-state index contributed by atoms with van der Waals surface area (Å²) >= 11 is 2.43. The Morgan fingerprint density at radius 2 is 1.97 bits per heavy atom. The van der Waals surface area contributed by atoms with Gasteiger partial charge in [0.2, 0.25) is 5.89 Å². The predicted octanol–water partition coefficient (Wildman–Crippen LogP) is 2.83. The second-order valence-electron chi connectivity index (χ2n) is 8.12. The number of aromatic nitrogens is 3. The average molecular weight is 519 g/mol. The van der Waals surface area contributed by atoms with Crippen molar-refractivity contribution in [2.45, 2.75) is 45.8 Å². The molecule has 3 N–H and O–H groups in total. The van der Waals surface area contributed by atoms with Gasteiger partial charge < -0.3 is 24.9 Å². The second kappa shape index (κ2) is 10.6. The molecular weight excluding hydrogens is 496 g/mol. The van der Waals surface area contributed by atoms with Crippen LogP contribution in [0.2, 0.25) is 0 Å². The average Bonchev–Trinajstić information content (AvgIpc) is 3.49. The third-order valence-electron chi connectivity index (χ3n) is 4.16. The number of oxazole rings is 1. The van der Waals surface area contributed by atoms with Crippen LogP contribution in [0.3, 0.4) is 0 Å². The fourth-order valence-corrected chi connectivity index (χ4v) is 4.38. The predicted molar refractivity (Wildman–Crippen MR) is 125 cm³/mol. The van der Waals surface area contributed by atoms with E-state index in [1.165, 1.54) is 28.1 Å². The van der Waals surface area contributed by atoms with Crippen molar-refractivity contribution in [2.24, 2.45) is 5.73 Å². The zero-order valence-electron chi connectivity index (χ0n) is 19.3. The monoisotopic (exact) mass is 518 g/mol. The van der Waals surface area contributed by atoms with Gasteiger partial charge in [0.15, 0.2) is 6.61 Å². The summed E-state index contributed by atoms with van der Waals surface area (Å²) in [5.41, 5.74) is 5.49. The quantitative estimate of drug-likeness (QED) is 0.420. The molecule has 0 radical (unpaired) electrons. The molecule has 0 fully saturated rings. The molecule has 14 heteroatoms. The van der Waals surface area contributed by atoms with Crippen molar-refractivity contribution >= 4 is 40.6 Å². The van der Waals surface area contributed by atoms with Gasteiger partial charge in [0, 0.05) is 17.2 Å². The topological polar surface area (TPSA) is 183 Å². The summed E-state index contributed by atoms with van der Waals surface area (Å²) in [5.74, 6) is -0.734. The highest BCUT2D eigenvalue weighted by Crippen LogP contribution is 2.31. The maximum atomic E-state index is 12.4. The van der Waals surface area contributed by atoms with Crippen molar-refractivity contribution in [1.29, 1.82) is 5.26 Å². The van der Waals surface area contributed by atoms with Gasteiger partial charge in [-0.25, -0.2) is 24.5 Å². The van der Waals surface area contributed by atoms with E-state index in [9.17, 15) is 14.4 Å². The second-order valence-corrected chi connectivity index (χ2v) is 9.92. The van der Waals surface area contributed by atoms with E-state index in [-0.39, 0.29) is 18.0 Å². The number of esters is 1. The Morgan fingerprint density at radius 1 is 1.23 bits per heavy atom. The molecule has 0 aromatic carbocycles. The van der Waals surface area contributed by atoms with Gasteiger partial charge in [-0.1, -0.05) is 0 Å². The molecule has 0 saturated heterocycles. The van der Waals surface area contributed by atoms with E-state index in [1.54, 1.807) is 39.1 Å². The molecule has 2 amide bonds. The number of ether oxygens (including phenoxy) is 2. The lowest BCUT2D eigenvalue weighted by Gasteiger charge is -2.22. The van der Waals surface area contributed by atoms with Gasteiger partial charge in [0.05, 0.1) is 5.01 Å². The zero-order chi connectivity index (χ0) is 25.8. The van der Waals surface area contributed by atoms with Crippen LogP contribution in [0.15, 0.2) is 15.2 Å². The number of carbonyl (C=O) groups excluding carboxylic acids is 3. The lowest BCUT2D eigenvalue weighted by molar-refractivity contribution is -0.144. The molecule has 0 aliphatic carbocycles. The Hall–Kier alpha value is -3.83. The largest absolute Gasteiger partial charge is 0.449 e. The van der Waals surface area contributed by atoms with Gasteiger partial charge in [-0.05, 0) is 27.7 Å². The van der Waals surface area contributed by atoms with Crippen molar-refractivity contribution in [3.8, 4) is 28.4 Å². The van der Waals surface area contributed by atoms with Crippen LogP contribution in [0.25, 0.3) is 22.3 Å². The molecule has 12 nitrogen and oxygen atoms in total. The first-order valence-corrected chi connectivity index (χ1v) is 11.9. The first-order chi connectivity index (χ1) is 16.5. The van der Waals surface area contributed by atoms with Gasteiger partial charge >= 0.3 is 12.1 Å². The van der Waals surface area contributed by atoms with E-state index in [4.69, 9.17) is 24.9 Å². The lowest BCUT2D eigenvalue weighted by atomic mass is 10.2. The molecule has 3 aromatic rings. The van der Waals surface area contributed by atoms with Crippen molar-refractivity contribution in [3.05, 3.63) is 27.2 Å².